The number of nitrogens with zero attached hydrogens (tertiary/aromatic N) is 1. The summed E-state index contributed by atoms with van der Waals surface area (Å²) in [6.07, 6.45) is 0. The van der Waals surface area contributed by atoms with Crippen LogP contribution in [0.3, 0.4) is 0 Å². The summed E-state index contributed by atoms with van der Waals surface area (Å²) in [7, 11) is 1.52. The van der Waals surface area contributed by atoms with Gasteiger partial charge in [0.1, 0.15) is 0 Å². The zero-order valence-electron chi connectivity index (χ0n) is 7.84. The van der Waals surface area contributed by atoms with E-state index < -0.39 is 5.41 Å². The third-order valence-corrected chi connectivity index (χ3v) is 2.40. The van der Waals surface area contributed by atoms with Gasteiger partial charge in [-0.15, -0.1) is 0 Å². The summed E-state index contributed by atoms with van der Waals surface area (Å²) < 4.78 is 0. The maximum atomic E-state index is 11.3. The molecule has 0 bridgehead atoms. The van der Waals surface area contributed by atoms with E-state index in [1.54, 1.807) is 20.8 Å². The van der Waals surface area contributed by atoms with E-state index in [2.05, 4.69) is 0 Å². The Kier molecular flexibility index (Phi) is 3.50. The SMILES string of the molecule is C[C-]1C(=O)N(C)C(=O)C1(C)C.[Y]. The Bertz CT molecular complexity index is 225. The van der Waals surface area contributed by atoms with Gasteiger partial charge in [0.2, 0.25) is 5.91 Å². The minimum absolute atomic E-state index is 0. The van der Waals surface area contributed by atoms with Crippen LogP contribution in [0.1, 0.15) is 20.8 Å². The average molecular weight is 243 g/mol. The standard InChI is InChI=1S/C8H12NO2.Y/c1-5-6(10)9(4)7(11)8(5,2)3;/h1-4H3;/q-1;. The smallest absolute Gasteiger partial charge is 0.205 e. The van der Waals surface area contributed by atoms with Crippen LogP contribution in [0, 0.1) is 11.3 Å². The number of rotatable bonds is 0. The normalized spacial score (nSPS) is 21.3. The van der Waals surface area contributed by atoms with Gasteiger partial charge >= 0.3 is 0 Å². The first-order chi connectivity index (χ1) is 4.89. The molecule has 1 fully saturated rings. The number of hydrogen-bond donors (Lipinski definition) is 0. The monoisotopic (exact) mass is 243 g/mol. The van der Waals surface area contributed by atoms with Gasteiger partial charge in [0.25, 0.3) is 0 Å². The zero-order valence-corrected chi connectivity index (χ0v) is 10.7. The summed E-state index contributed by atoms with van der Waals surface area (Å²) in [5.74, 6) is 0.366. The van der Waals surface area contributed by atoms with Crippen LogP contribution < -0.4 is 0 Å². The molecule has 0 N–H and O–H groups in total. The molecule has 1 saturated heterocycles. The molecule has 4 heteroatoms. The van der Waals surface area contributed by atoms with E-state index in [0.717, 1.165) is 0 Å². The molecular formula is C8H12NO2Y-. The largest absolute Gasteiger partial charge is 0.312 e. The molecule has 1 radical (unpaired) electrons. The van der Waals surface area contributed by atoms with Gasteiger partial charge in [0, 0.05) is 39.8 Å². The molecule has 1 aliphatic rings. The average Bonchev–Trinajstić information content (AvgIpc) is 2.06. The molecule has 0 aromatic rings. The molecule has 0 unspecified atom stereocenters. The Labute approximate surface area is 97.8 Å². The Balaban J connectivity index is 0.00000121. The van der Waals surface area contributed by atoms with Crippen molar-refractivity contribution in [2.45, 2.75) is 20.8 Å². The van der Waals surface area contributed by atoms with Crippen LogP contribution in [0.2, 0.25) is 0 Å². The number of likely N-dealkylation sites (tertiary alicyclic amines) is 1. The van der Waals surface area contributed by atoms with Gasteiger partial charge in [0.05, 0.1) is 5.91 Å². The van der Waals surface area contributed by atoms with Crippen molar-refractivity contribution in [3.05, 3.63) is 5.92 Å². The molecule has 0 spiro atoms. The van der Waals surface area contributed by atoms with Gasteiger partial charge in [-0.05, 0) is 0 Å². The zero-order chi connectivity index (χ0) is 8.81. The Morgan fingerprint density at radius 2 is 1.75 bits per heavy atom. The summed E-state index contributed by atoms with van der Waals surface area (Å²) in [6.45, 7) is 5.25. The predicted molar refractivity (Wildman–Crippen MR) is 40.5 cm³/mol. The number of carbonyl (C=O) groups excluding carboxylic acids is 2. The Morgan fingerprint density at radius 1 is 1.33 bits per heavy atom. The van der Waals surface area contributed by atoms with Crippen molar-refractivity contribution in [1.82, 2.24) is 4.90 Å². The van der Waals surface area contributed by atoms with Crippen LogP contribution in [0.15, 0.2) is 0 Å². The van der Waals surface area contributed by atoms with E-state index >= 15 is 0 Å². The number of hydrogen-bond acceptors (Lipinski definition) is 2. The minimum atomic E-state index is -0.591. The summed E-state index contributed by atoms with van der Waals surface area (Å²) in [6, 6.07) is 0. The van der Waals surface area contributed by atoms with Crippen LogP contribution in [-0.2, 0) is 42.3 Å². The van der Waals surface area contributed by atoms with E-state index in [0.29, 0.717) is 5.92 Å². The Hall–Kier alpha value is 0.114. The van der Waals surface area contributed by atoms with Crippen molar-refractivity contribution < 1.29 is 42.3 Å². The van der Waals surface area contributed by atoms with Crippen molar-refractivity contribution >= 4 is 11.8 Å². The molecule has 0 aliphatic carbocycles. The minimum Gasteiger partial charge on any atom is -0.312 e. The molecule has 0 aromatic carbocycles. The third-order valence-electron chi connectivity index (χ3n) is 2.40. The summed E-state index contributed by atoms with van der Waals surface area (Å²) in [5.41, 5.74) is -0.591. The van der Waals surface area contributed by atoms with Gasteiger partial charge in [-0.2, -0.15) is 6.92 Å². The first kappa shape index (κ1) is 12.1. The van der Waals surface area contributed by atoms with Crippen molar-refractivity contribution in [1.29, 1.82) is 0 Å². The van der Waals surface area contributed by atoms with Gasteiger partial charge in [-0.3, -0.25) is 10.7 Å². The fraction of sp³-hybridized carbons (Fsp3) is 0.625. The van der Waals surface area contributed by atoms with Gasteiger partial charge in [-0.25, -0.2) is 0 Å². The molecule has 0 atom stereocenters. The van der Waals surface area contributed by atoms with Gasteiger partial charge < -0.3 is 9.69 Å². The molecule has 0 saturated carbocycles. The van der Waals surface area contributed by atoms with Gasteiger partial charge in [-0.1, -0.05) is 19.3 Å². The molecule has 1 rings (SSSR count). The fourth-order valence-corrected chi connectivity index (χ4v) is 1.19. The Morgan fingerprint density at radius 3 is 1.83 bits per heavy atom. The fourth-order valence-electron chi connectivity index (χ4n) is 1.19. The van der Waals surface area contributed by atoms with Crippen molar-refractivity contribution in [3.63, 3.8) is 0 Å². The molecule has 12 heavy (non-hydrogen) atoms. The van der Waals surface area contributed by atoms with E-state index in [-0.39, 0.29) is 44.5 Å². The molecule has 1 aliphatic heterocycles. The molecule has 1 heterocycles. The number of imide groups is 1. The van der Waals surface area contributed by atoms with Crippen LogP contribution in [0.4, 0.5) is 0 Å². The predicted octanol–water partition coefficient (Wildman–Crippen LogP) is 0.603. The maximum Gasteiger partial charge on any atom is 0.205 e. The van der Waals surface area contributed by atoms with E-state index in [1.165, 1.54) is 11.9 Å². The second kappa shape index (κ2) is 3.46. The third kappa shape index (κ3) is 1.44. The maximum absolute atomic E-state index is 11.3. The molecular weight excluding hydrogens is 231 g/mol. The second-order valence-corrected chi connectivity index (χ2v) is 3.42. The van der Waals surface area contributed by atoms with E-state index in [1.807, 2.05) is 0 Å². The van der Waals surface area contributed by atoms with Crippen molar-refractivity contribution in [2.24, 2.45) is 5.41 Å². The van der Waals surface area contributed by atoms with Crippen LogP contribution >= 0.6 is 0 Å². The number of carbonyl (C=O) groups is 2. The van der Waals surface area contributed by atoms with Gasteiger partial charge in [0.15, 0.2) is 0 Å². The van der Waals surface area contributed by atoms with Crippen molar-refractivity contribution in [2.75, 3.05) is 7.05 Å². The summed E-state index contributed by atoms with van der Waals surface area (Å²) >= 11 is 0. The van der Waals surface area contributed by atoms with Crippen LogP contribution in [-0.4, -0.2) is 23.8 Å². The topological polar surface area (TPSA) is 37.4 Å². The second-order valence-electron chi connectivity index (χ2n) is 3.42. The van der Waals surface area contributed by atoms with E-state index in [4.69, 9.17) is 0 Å². The molecule has 3 nitrogen and oxygen atoms in total. The quantitative estimate of drug-likeness (QED) is 0.461. The molecule has 65 valence electrons. The summed E-state index contributed by atoms with van der Waals surface area (Å²) in [5, 5.41) is 0. The first-order valence-electron chi connectivity index (χ1n) is 3.55. The molecule has 2 amide bonds. The number of amides is 2. The molecule has 0 aromatic heterocycles. The van der Waals surface area contributed by atoms with Crippen molar-refractivity contribution in [3.8, 4) is 0 Å². The first-order valence-corrected chi connectivity index (χ1v) is 3.55. The van der Waals surface area contributed by atoms with Crippen LogP contribution in [0.5, 0.6) is 0 Å². The van der Waals surface area contributed by atoms with E-state index in [9.17, 15) is 9.59 Å². The van der Waals surface area contributed by atoms with Crippen LogP contribution in [0.25, 0.3) is 0 Å². The summed E-state index contributed by atoms with van der Waals surface area (Å²) in [4.78, 5) is 23.7.